The van der Waals surface area contributed by atoms with Crippen molar-refractivity contribution >= 4 is 12.2 Å². The number of nitrogens with zero attached hydrogens (tertiary/aromatic N) is 2. The topological polar surface area (TPSA) is 68.3 Å². The fourth-order valence-corrected chi connectivity index (χ4v) is 3.74. The lowest BCUT2D eigenvalue weighted by atomic mass is 9.81. The molecule has 25 heavy (non-hydrogen) atoms. The van der Waals surface area contributed by atoms with Crippen molar-refractivity contribution in [3.05, 3.63) is 0 Å². The number of ether oxygens (including phenoxy) is 3. The Kier molecular flexibility index (Phi) is 6.54. The van der Waals surface area contributed by atoms with Crippen molar-refractivity contribution in [1.82, 2.24) is 9.80 Å². The maximum absolute atomic E-state index is 12.4. The van der Waals surface area contributed by atoms with Gasteiger partial charge in [0, 0.05) is 32.3 Å². The molecule has 0 radical (unpaired) electrons. The zero-order valence-corrected chi connectivity index (χ0v) is 16.1. The van der Waals surface area contributed by atoms with E-state index in [4.69, 9.17) is 14.2 Å². The Morgan fingerprint density at radius 2 is 1.72 bits per heavy atom. The van der Waals surface area contributed by atoms with Gasteiger partial charge in [0.25, 0.3) is 0 Å². The molecule has 0 saturated carbocycles. The van der Waals surface area contributed by atoms with Gasteiger partial charge >= 0.3 is 12.2 Å². The van der Waals surface area contributed by atoms with Gasteiger partial charge in [0.15, 0.2) is 0 Å². The second kappa shape index (κ2) is 8.25. The lowest BCUT2D eigenvalue weighted by molar-refractivity contribution is -0.0206. The molecule has 144 valence electrons. The average Bonchev–Trinajstić information content (AvgIpc) is 2.51. The fourth-order valence-electron chi connectivity index (χ4n) is 3.74. The van der Waals surface area contributed by atoms with E-state index < -0.39 is 5.60 Å². The second-order valence-electron chi connectivity index (χ2n) is 7.97. The van der Waals surface area contributed by atoms with E-state index in [0.717, 1.165) is 32.1 Å². The number of carbonyl (C=O) groups excluding carboxylic acids is 2. The molecule has 0 aromatic heterocycles. The first kappa shape index (κ1) is 19.8. The van der Waals surface area contributed by atoms with Crippen molar-refractivity contribution in [2.45, 2.75) is 76.6 Å². The van der Waals surface area contributed by atoms with Crippen molar-refractivity contribution in [2.75, 3.05) is 27.4 Å². The van der Waals surface area contributed by atoms with E-state index in [1.54, 1.807) is 19.1 Å². The molecule has 2 fully saturated rings. The molecule has 2 aliphatic heterocycles. The lowest BCUT2D eigenvalue weighted by Gasteiger charge is -2.49. The van der Waals surface area contributed by atoms with Crippen molar-refractivity contribution in [3.63, 3.8) is 0 Å². The lowest BCUT2D eigenvalue weighted by Crippen LogP contribution is -2.59. The summed E-state index contributed by atoms with van der Waals surface area (Å²) in [6.45, 7) is 6.27. The van der Waals surface area contributed by atoms with Crippen LogP contribution >= 0.6 is 0 Å². The molecule has 3 atom stereocenters. The van der Waals surface area contributed by atoms with Crippen LogP contribution in [0.5, 0.6) is 0 Å². The Bertz CT molecular complexity index is 463. The molecule has 7 heteroatoms. The highest BCUT2D eigenvalue weighted by atomic mass is 16.6. The van der Waals surface area contributed by atoms with Crippen LogP contribution in [0.25, 0.3) is 0 Å². The smallest absolute Gasteiger partial charge is 0.410 e. The number of fused-ring (bicyclic) bond motifs is 2. The number of piperidine rings is 2. The predicted molar refractivity (Wildman–Crippen MR) is 93.5 cm³/mol. The molecule has 7 nitrogen and oxygen atoms in total. The molecule has 2 heterocycles. The molecule has 2 bridgehead atoms. The van der Waals surface area contributed by atoms with Gasteiger partial charge in [0.05, 0.1) is 6.61 Å². The van der Waals surface area contributed by atoms with E-state index in [1.807, 2.05) is 25.7 Å². The normalized spacial score (nSPS) is 26.1. The first-order chi connectivity index (χ1) is 11.7. The number of rotatable bonds is 4. The second-order valence-corrected chi connectivity index (χ2v) is 7.97. The summed E-state index contributed by atoms with van der Waals surface area (Å²) >= 11 is 0. The predicted octanol–water partition coefficient (Wildman–Crippen LogP) is 3.02. The van der Waals surface area contributed by atoms with E-state index in [1.165, 1.54) is 0 Å². The minimum absolute atomic E-state index is 0.0909. The largest absolute Gasteiger partial charge is 0.447 e. The van der Waals surface area contributed by atoms with Crippen molar-refractivity contribution in [1.29, 1.82) is 0 Å². The van der Waals surface area contributed by atoms with Crippen LogP contribution in [0.15, 0.2) is 0 Å². The molecular weight excluding hydrogens is 324 g/mol. The van der Waals surface area contributed by atoms with Gasteiger partial charge in [-0.25, -0.2) is 9.59 Å². The zero-order valence-electron chi connectivity index (χ0n) is 16.1. The Morgan fingerprint density at radius 1 is 1.12 bits per heavy atom. The zero-order chi connectivity index (χ0) is 18.6. The maximum atomic E-state index is 12.4. The van der Waals surface area contributed by atoms with Crippen molar-refractivity contribution < 1.29 is 23.8 Å². The minimum atomic E-state index is -0.507. The summed E-state index contributed by atoms with van der Waals surface area (Å²) in [7, 11) is 3.38. The summed E-state index contributed by atoms with van der Waals surface area (Å²) in [6.07, 6.45) is 4.00. The number of methoxy groups -OCH3 is 1. The summed E-state index contributed by atoms with van der Waals surface area (Å²) in [6, 6.07) is 0.336. The first-order valence-corrected chi connectivity index (χ1v) is 9.12. The van der Waals surface area contributed by atoms with Gasteiger partial charge in [0.2, 0.25) is 0 Å². The highest BCUT2D eigenvalue weighted by molar-refractivity contribution is 5.70. The van der Waals surface area contributed by atoms with Crippen LogP contribution in [0.4, 0.5) is 9.59 Å². The van der Waals surface area contributed by atoms with Crippen LogP contribution in [-0.2, 0) is 14.2 Å². The van der Waals surface area contributed by atoms with Crippen molar-refractivity contribution in [3.8, 4) is 0 Å². The van der Waals surface area contributed by atoms with E-state index in [2.05, 4.69) is 0 Å². The van der Waals surface area contributed by atoms with Gasteiger partial charge in [0.1, 0.15) is 12.2 Å². The molecule has 0 spiro atoms. The van der Waals surface area contributed by atoms with Gasteiger partial charge in [-0.05, 0) is 52.9 Å². The molecule has 0 N–H and O–H groups in total. The number of amides is 2. The monoisotopic (exact) mass is 356 g/mol. The third kappa shape index (κ3) is 5.23. The van der Waals surface area contributed by atoms with Gasteiger partial charge in [-0.15, -0.1) is 0 Å². The Balaban J connectivity index is 1.98. The molecule has 2 rings (SSSR count). The molecule has 0 aromatic carbocycles. The highest BCUT2D eigenvalue weighted by Crippen LogP contribution is 2.36. The average molecular weight is 356 g/mol. The Labute approximate surface area is 150 Å². The Morgan fingerprint density at radius 3 is 2.24 bits per heavy atom. The molecule has 2 saturated heterocycles. The van der Waals surface area contributed by atoms with Crippen LogP contribution < -0.4 is 0 Å². The molecule has 2 aliphatic rings. The van der Waals surface area contributed by atoms with Crippen LogP contribution in [0.2, 0.25) is 0 Å². The standard InChI is InChI=1S/C18H32N2O5/c1-18(2,3)25-16(21)19(4)15-11-13-7-6-8-14(12-15)20(13)17(22)24-10-9-23-5/h13-15H,6-12H2,1-5H3/t13-,14+,15-. The summed E-state index contributed by atoms with van der Waals surface area (Å²) in [5.41, 5.74) is -0.507. The third-order valence-corrected chi connectivity index (χ3v) is 4.90. The minimum Gasteiger partial charge on any atom is -0.447 e. The Hall–Kier alpha value is -1.50. The molecule has 0 aromatic rings. The van der Waals surface area contributed by atoms with Gasteiger partial charge < -0.3 is 24.0 Å². The van der Waals surface area contributed by atoms with Crippen LogP contribution in [-0.4, -0.2) is 73.1 Å². The van der Waals surface area contributed by atoms with E-state index >= 15 is 0 Å². The van der Waals surface area contributed by atoms with Crippen LogP contribution in [0.3, 0.4) is 0 Å². The first-order valence-electron chi connectivity index (χ1n) is 9.12. The quantitative estimate of drug-likeness (QED) is 0.724. The number of hydrogen-bond donors (Lipinski definition) is 0. The number of hydrogen-bond acceptors (Lipinski definition) is 5. The summed E-state index contributed by atoms with van der Waals surface area (Å²) in [5, 5.41) is 0. The summed E-state index contributed by atoms with van der Waals surface area (Å²) < 4.78 is 15.7. The summed E-state index contributed by atoms with van der Waals surface area (Å²) in [5.74, 6) is 0. The maximum Gasteiger partial charge on any atom is 0.410 e. The van der Waals surface area contributed by atoms with E-state index in [0.29, 0.717) is 6.61 Å². The van der Waals surface area contributed by atoms with Crippen LogP contribution in [0, 0.1) is 0 Å². The van der Waals surface area contributed by atoms with E-state index in [9.17, 15) is 9.59 Å². The molecule has 0 unspecified atom stereocenters. The molecular formula is C18H32N2O5. The third-order valence-electron chi connectivity index (χ3n) is 4.90. The van der Waals surface area contributed by atoms with Gasteiger partial charge in [-0.2, -0.15) is 0 Å². The number of carbonyl (C=O) groups is 2. The van der Waals surface area contributed by atoms with Crippen LogP contribution in [0.1, 0.15) is 52.9 Å². The van der Waals surface area contributed by atoms with Crippen molar-refractivity contribution in [2.24, 2.45) is 0 Å². The fraction of sp³-hybridized carbons (Fsp3) is 0.889. The highest BCUT2D eigenvalue weighted by Gasteiger charge is 2.43. The molecule has 2 amide bonds. The van der Waals surface area contributed by atoms with Gasteiger partial charge in [-0.1, -0.05) is 0 Å². The summed E-state index contributed by atoms with van der Waals surface area (Å²) in [4.78, 5) is 28.4. The SMILES string of the molecule is COCCOC(=O)N1[C@@H]2CCC[C@H]1C[C@H](N(C)C(=O)OC(C)(C)C)C2. The molecule has 0 aliphatic carbocycles. The van der Waals surface area contributed by atoms with E-state index in [-0.39, 0.29) is 36.9 Å². The van der Waals surface area contributed by atoms with Gasteiger partial charge in [-0.3, -0.25) is 0 Å².